The first-order valence-electron chi connectivity index (χ1n) is 9.77. The number of aromatic nitrogens is 4. The summed E-state index contributed by atoms with van der Waals surface area (Å²) in [4.78, 5) is 8.98. The van der Waals surface area contributed by atoms with Gasteiger partial charge in [0, 0.05) is 56.4 Å². The Morgan fingerprint density at radius 1 is 1.04 bits per heavy atom. The molecule has 1 aliphatic rings. The van der Waals surface area contributed by atoms with Crippen molar-refractivity contribution in [1.29, 1.82) is 0 Å². The molecule has 146 valence electrons. The van der Waals surface area contributed by atoms with Gasteiger partial charge in [-0.3, -0.25) is 9.88 Å². The third kappa shape index (κ3) is 3.86. The van der Waals surface area contributed by atoms with Gasteiger partial charge in [0.15, 0.2) is 10.6 Å². The quantitative estimate of drug-likeness (QED) is 0.619. The molecule has 0 spiro atoms. The first-order valence-corrected chi connectivity index (χ1v) is 10.2. The number of hydrogen-bond donors (Lipinski definition) is 0. The average Bonchev–Trinajstić information content (AvgIpc) is 3.04. The lowest BCUT2D eigenvalue weighted by molar-refractivity contribution is 0.194. The smallest absolute Gasteiger partial charge is 0.199 e. The lowest BCUT2D eigenvalue weighted by Crippen LogP contribution is -2.47. The van der Waals surface area contributed by atoms with Gasteiger partial charge in [0.2, 0.25) is 0 Å². The molecular formula is C21H26N6S. The lowest BCUT2D eigenvalue weighted by atomic mass is 10.2. The van der Waals surface area contributed by atoms with Crippen LogP contribution in [0.3, 0.4) is 0 Å². The Balaban J connectivity index is 1.47. The molecule has 7 heteroatoms. The van der Waals surface area contributed by atoms with Gasteiger partial charge in [-0.25, -0.2) is 4.68 Å². The fourth-order valence-corrected chi connectivity index (χ4v) is 4.01. The van der Waals surface area contributed by atoms with Crippen LogP contribution in [-0.4, -0.2) is 50.4 Å². The molecule has 1 aromatic carbocycles. The van der Waals surface area contributed by atoms with Gasteiger partial charge in [-0.1, -0.05) is 12.1 Å². The zero-order chi connectivity index (χ0) is 19.5. The minimum Gasteiger partial charge on any atom is -0.369 e. The summed E-state index contributed by atoms with van der Waals surface area (Å²) in [6.45, 7) is 9.81. The van der Waals surface area contributed by atoms with E-state index in [1.165, 1.54) is 11.3 Å². The van der Waals surface area contributed by atoms with Crippen molar-refractivity contribution in [3.63, 3.8) is 0 Å². The number of benzene rings is 1. The second-order valence-electron chi connectivity index (χ2n) is 7.17. The number of pyridine rings is 1. The summed E-state index contributed by atoms with van der Waals surface area (Å²) in [7, 11) is 0. The predicted molar refractivity (Wildman–Crippen MR) is 115 cm³/mol. The van der Waals surface area contributed by atoms with Crippen molar-refractivity contribution in [3.8, 4) is 11.4 Å². The molecule has 0 unspecified atom stereocenters. The Morgan fingerprint density at radius 3 is 2.46 bits per heavy atom. The molecule has 0 aliphatic carbocycles. The van der Waals surface area contributed by atoms with Crippen LogP contribution in [0.5, 0.6) is 0 Å². The van der Waals surface area contributed by atoms with Crippen molar-refractivity contribution in [2.45, 2.75) is 27.1 Å². The molecule has 1 saturated heterocycles. The van der Waals surface area contributed by atoms with Crippen LogP contribution in [-0.2, 0) is 13.2 Å². The molecule has 0 atom stereocenters. The van der Waals surface area contributed by atoms with Gasteiger partial charge in [0.05, 0.1) is 6.67 Å². The number of aryl methyl sites for hydroxylation is 1. The molecular weight excluding hydrogens is 368 g/mol. The largest absolute Gasteiger partial charge is 0.369 e. The van der Waals surface area contributed by atoms with Gasteiger partial charge in [0.1, 0.15) is 0 Å². The Bertz CT molecular complexity index is 986. The fourth-order valence-electron chi connectivity index (χ4n) is 3.69. The van der Waals surface area contributed by atoms with Crippen LogP contribution >= 0.6 is 12.2 Å². The van der Waals surface area contributed by atoms with Crippen LogP contribution < -0.4 is 4.90 Å². The van der Waals surface area contributed by atoms with Crippen molar-refractivity contribution in [2.24, 2.45) is 0 Å². The van der Waals surface area contributed by atoms with Gasteiger partial charge in [-0.2, -0.15) is 5.10 Å². The van der Waals surface area contributed by atoms with Crippen molar-refractivity contribution in [2.75, 3.05) is 31.1 Å². The van der Waals surface area contributed by atoms with E-state index in [1.54, 1.807) is 12.4 Å². The van der Waals surface area contributed by atoms with E-state index in [-0.39, 0.29) is 0 Å². The van der Waals surface area contributed by atoms with Crippen LogP contribution in [0.15, 0.2) is 48.8 Å². The Morgan fingerprint density at radius 2 is 1.79 bits per heavy atom. The Kier molecular flexibility index (Phi) is 5.54. The third-order valence-electron chi connectivity index (χ3n) is 5.25. The Hall–Kier alpha value is -2.51. The second kappa shape index (κ2) is 8.24. The van der Waals surface area contributed by atoms with Crippen LogP contribution in [0, 0.1) is 11.7 Å². The molecule has 2 aromatic heterocycles. The van der Waals surface area contributed by atoms with Crippen LogP contribution in [0.4, 0.5) is 5.69 Å². The molecule has 1 fully saturated rings. The highest BCUT2D eigenvalue weighted by Gasteiger charge is 2.19. The minimum absolute atomic E-state index is 0.728. The van der Waals surface area contributed by atoms with Crippen LogP contribution in [0.25, 0.3) is 11.4 Å². The predicted octanol–water partition coefficient (Wildman–Crippen LogP) is 3.58. The molecule has 1 aliphatic heterocycles. The molecule has 3 heterocycles. The van der Waals surface area contributed by atoms with Crippen molar-refractivity contribution < 1.29 is 0 Å². The zero-order valence-corrected chi connectivity index (χ0v) is 17.3. The van der Waals surface area contributed by atoms with E-state index >= 15 is 0 Å². The summed E-state index contributed by atoms with van der Waals surface area (Å²) < 4.78 is 4.82. The van der Waals surface area contributed by atoms with E-state index < -0.39 is 0 Å². The van der Waals surface area contributed by atoms with E-state index in [0.29, 0.717) is 0 Å². The number of anilines is 1. The van der Waals surface area contributed by atoms with E-state index in [2.05, 4.69) is 57.5 Å². The monoisotopic (exact) mass is 394 g/mol. The summed E-state index contributed by atoms with van der Waals surface area (Å²) in [5.74, 6) is 0.910. The highest BCUT2D eigenvalue weighted by Crippen LogP contribution is 2.20. The second-order valence-corrected chi connectivity index (χ2v) is 7.54. The first kappa shape index (κ1) is 18.8. The molecule has 0 N–H and O–H groups in total. The van der Waals surface area contributed by atoms with Crippen molar-refractivity contribution in [3.05, 3.63) is 59.1 Å². The molecule has 6 nitrogen and oxygen atoms in total. The first-order chi connectivity index (χ1) is 13.7. The van der Waals surface area contributed by atoms with E-state index in [4.69, 9.17) is 17.3 Å². The molecule has 0 radical (unpaired) electrons. The van der Waals surface area contributed by atoms with E-state index in [1.807, 2.05) is 16.8 Å². The summed E-state index contributed by atoms with van der Waals surface area (Å²) >= 11 is 5.71. The third-order valence-corrected chi connectivity index (χ3v) is 5.68. The van der Waals surface area contributed by atoms with E-state index in [9.17, 15) is 0 Å². The normalized spacial score (nSPS) is 15.1. The SMILES string of the molecule is CCn1c(-c2ccncc2)nn(CN2CCN(c3cccc(C)c3)CC2)c1=S. The standard InChI is InChI=1S/C21H26N6S/c1-3-26-20(18-7-9-22-10-8-18)23-27(21(26)28)16-24-11-13-25(14-12-24)19-6-4-5-17(2)15-19/h4-10,15H,3,11-14,16H2,1-2H3. The number of rotatable bonds is 5. The van der Waals surface area contributed by atoms with Gasteiger partial charge >= 0.3 is 0 Å². The minimum atomic E-state index is 0.728. The topological polar surface area (TPSA) is 42.1 Å². The van der Waals surface area contributed by atoms with Crippen molar-refractivity contribution >= 4 is 17.9 Å². The summed E-state index contributed by atoms with van der Waals surface area (Å²) in [6.07, 6.45) is 3.59. The average molecular weight is 395 g/mol. The summed E-state index contributed by atoms with van der Waals surface area (Å²) in [5, 5.41) is 4.83. The fraction of sp³-hybridized carbons (Fsp3) is 0.381. The van der Waals surface area contributed by atoms with Gasteiger partial charge in [-0.15, -0.1) is 0 Å². The van der Waals surface area contributed by atoms with Crippen LogP contribution in [0.1, 0.15) is 12.5 Å². The van der Waals surface area contributed by atoms with Crippen molar-refractivity contribution in [1.82, 2.24) is 24.2 Å². The Labute approximate surface area is 171 Å². The van der Waals surface area contributed by atoms with Gasteiger partial charge in [-0.05, 0) is 55.9 Å². The van der Waals surface area contributed by atoms with Gasteiger partial charge in [0.25, 0.3) is 0 Å². The van der Waals surface area contributed by atoms with E-state index in [0.717, 1.165) is 55.6 Å². The number of piperazine rings is 1. The maximum absolute atomic E-state index is 5.71. The zero-order valence-electron chi connectivity index (χ0n) is 16.5. The maximum Gasteiger partial charge on any atom is 0.199 e. The molecule has 0 amide bonds. The van der Waals surface area contributed by atoms with Crippen LogP contribution in [0.2, 0.25) is 0 Å². The molecule has 0 saturated carbocycles. The summed E-state index contributed by atoms with van der Waals surface area (Å²) in [5.41, 5.74) is 3.66. The van der Waals surface area contributed by atoms with Gasteiger partial charge < -0.3 is 9.47 Å². The lowest BCUT2D eigenvalue weighted by Gasteiger charge is -2.36. The highest BCUT2D eigenvalue weighted by atomic mass is 32.1. The highest BCUT2D eigenvalue weighted by molar-refractivity contribution is 7.71. The number of nitrogens with zero attached hydrogens (tertiary/aromatic N) is 6. The number of hydrogen-bond acceptors (Lipinski definition) is 5. The molecule has 4 rings (SSSR count). The molecule has 0 bridgehead atoms. The maximum atomic E-state index is 5.71. The molecule has 3 aromatic rings. The molecule has 28 heavy (non-hydrogen) atoms. The summed E-state index contributed by atoms with van der Waals surface area (Å²) in [6, 6.07) is 12.7.